The molecule has 3 heterocycles. The van der Waals surface area contributed by atoms with Gasteiger partial charge in [0.25, 0.3) is 5.56 Å². The molecule has 0 bridgehead atoms. The Morgan fingerprint density at radius 3 is 2.60 bits per heavy atom. The number of benzene rings is 2. The van der Waals surface area contributed by atoms with Crippen LogP contribution in [0.2, 0.25) is 0 Å². The van der Waals surface area contributed by atoms with Crippen LogP contribution in [0.15, 0.2) is 72.3 Å². The molecule has 4 aromatic rings. The second kappa shape index (κ2) is 8.05. The van der Waals surface area contributed by atoms with Crippen LogP contribution < -0.4 is 15.9 Å². The Kier molecular flexibility index (Phi) is 5.07. The third kappa shape index (κ3) is 3.25. The van der Waals surface area contributed by atoms with Gasteiger partial charge in [-0.1, -0.05) is 48.7 Å². The molecule has 0 saturated heterocycles. The fourth-order valence-corrected chi connectivity index (χ4v) is 6.71. The number of nitrogens with zero attached hydrogens (tertiary/aromatic N) is 1. The normalized spacial score (nSPS) is 15.8. The molecule has 35 heavy (non-hydrogen) atoms. The number of aryl methyl sites for hydroxylation is 1. The summed E-state index contributed by atoms with van der Waals surface area (Å²) < 4.78 is 12.9. The Labute approximate surface area is 206 Å². The number of hydrogen-bond donors (Lipinski definition) is 1. The fourth-order valence-electron chi connectivity index (χ4n) is 5.76. The molecule has 6 nitrogen and oxygen atoms in total. The van der Waals surface area contributed by atoms with E-state index in [1.54, 1.807) is 17.7 Å². The molecule has 7 heteroatoms. The summed E-state index contributed by atoms with van der Waals surface area (Å²) >= 11 is 1.10. The smallest absolute Gasteiger partial charge is 0.354 e. The lowest BCUT2D eigenvalue weighted by molar-refractivity contribution is 0.344. The van der Waals surface area contributed by atoms with E-state index in [4.69, 9.17) is 9.15 Å². The summed E-state index contributed by atoms with van der Waals surface area (Å²) in [6.07, 6.45) is 5.04. The van der Waals surface area contributed by atoms with Crippen LogP contribution in [0.3, 0.4) is 0 Å². The van der Waals surface area contributed by atoms with Crippen LogP contribution >= 0.6 is 11.8 Å². The summed E-state index contributed by atoms with van der Waals surface area (Å²) in [6, 6.07) is 15.2. The molecule has 2 aromatic carbocycles. The van der Waals surface area contributed by atoms with Crippen molar-refractivity contribution in [3.63, 3.8) is 0 Å². The predicted octanol–water partition coefficient (Wildman–Crippen LogP) is 5.68. The molecular weight excluding hydrogens is 462 g/mol. The number of aromatic nitrogens is 1. The molecular formula is C28H25NO5S. The van der Waals surface area contributed by atoms with Crippen molar-refractivity contribution in [1.82, 2.24) is 4.57 Å². The zero-order chi connectivity index (χ0) is 24.3. The molecule has 1 spiro atoms. The lowest BCUT2D eigenvalue weighted by Gasteiger charge is -2.34. The molecule has 1 N–H and O–H groups in total. The summed E-state index contributed by atoms with van der Waals surface area (Å²) in [4.78, 5) is 27.7. The molecule has 178 valence electrons. The minimum atomic E-state index is -0.652. The van der Waals surface area contributed by atoms with Crippen LogP contribution in [0.4, 0.5) is 0 Å². The third-order valence-corrected chi connectivity index (χ3v) is 8.43. The average molecular weight is 488 g/mol. The van der Waals surface area contributed by atoms with Gasteiger partial charge in [0.1, 0.15) is 21.6 Å². The van der Waals surface area contributed by atoms with Gasteiger partial charge in [-0.3, -0.25) is 9.36 Å². The number of ether oxygens (including phenoxy) is 1. The second-order valence-electron chi connectivity index (χ2n) is 9.42. The highest BCUT2D eigenvalue weighted by molar-refractivity contribution is 7.99. The number of methoxy groups -OCH3 is 1. The number of rotatable bonds is 3. The van der Waals surface area contributed by atoms with Gasteiger partial charge in [-0.15, -0.1) is 0 Å². The topological polar surface area (TPSA) is 81.7 Å². The van der Waals surface area contributed by atoms with Crippen molar-refractivity contribution < 1.29 is 14.3 Å². The zero-order valence-corrected chi connectivity index (χ0v) is 20.4. The Hall–Kier alpha value is -3.45. The van der Waals surface area contributed by atoms with Crippen LogP contribution in [0.5, 0.6) is 11.5 Å². The zero-order valence-electron chi connectivity index (χ0n) is 19.6. The Morgan fingerprint density at radius 1 is 1.06 bits per heavy atom. The van der Waals surface area contributed by atoms with E-state index in [0.717, 1.165) is 77.0 Å². The van der Waals surface area contributed by atoms with Crippen molar-refractivity contribution in [2.45, 2.75) is 54.2 Å². The van der Waals surface area contributed by atoms with Crippen LogP contribution in [0, 0.1) is 6.92 Å². The molecule has 2 aromatic heterocycles. The van der Waals surface area contributed by atoms with Crippen LogP contribution in [-0.2, 0) is 5.41 Å². The van der Waals surface area contributed by atoms with Crippen LogP contribution in [0.1, 0.15) is 48.9 Å². The van der Waals surface area contributed by atoms with Gasteiger partial charge in [0, 0.05) is 22.1 Å². The molecule has 0 atom stereocenters. The highest BCUT2D eigenvalue weighted by atomic mass is 32.2. The predicted molar refractivity (Wildman–Crippen MR) is 135 cm³/mol. The van der Waals surface area contributed by atoms with E-state index in [2.05, 4.69) is 0 Å². The number of aromatic hydroxyl groups is 1. The number of pyridine rings is 1. The van der Waals surface area contributed by atoms with E-state index in [1.165, 1.54) is 0 Å². The van der Waals surface area contributed by atoms with E-state index in [0.29, 0.717) is 0 Å². The van der Waals surface area contributed by atoms with E-state index in [-0.39, 0.29) is 32.6 Å². The number of hydrogen-bond acceptors (Lipinski definition) is 6. The fraction of sp³-hybridized carbons (Fsp3) is 0.286. The minimum Gasteiger partial charge on any atom is -0.505 e. The largest absolute Gasteiger partial charge is 0.505 e. The summed E-state index contributed by atoms with van der Waals surface area (Å²) in [5.74, 6) is 0.410. The molecule has 1 fully saturated rings. The molecule has 0 amide bonds. The van der Waals surface area contributed by atoms with Gasteiger partial charge < -0.3 is 14.3 Å². The van der Waals surface area contributed by atoms with E-state index in [9.17, 15) is 14.7 Å². The molecule has 0 unspecified atom stereocenters. The van der Waals surface area contributed by atoms with Crippen molar-refractivity contribution in [2.24, 2.45) is 0 Å². The first-order valence-corrected chi connectivity index (χ1v) is 12.6. The lowest BCUT2D eigenvalue weighted by atomic mass is 9.68. The van der Waals surface area contributed by atoms with Crippen molar-refractivity contribution >= 4 is 22.7 Å². The molecule has 2 aliphatic rings. The molecule has 1 aliphatic heterocycles. The van der Waals surface area contributed by atoms with Crippen LogP contribution in [-0.4, -0.2) is 16.8 Å². The molecule has 0 radical (unpaired) electrons. The van der Waals surface area contributed by atoms with Gasteiger partial charge in [-0.05, 0) is 55.7 Å². The SMILES string of the molecule is COc1ccc2c(c1)C1(CCCCC1)c1cc3oc(=O)c(Sc4cccc(C)c4)c(O)c3c(=O)n1-2. The van der Waals surface area contributed by atoms with Gasteiger partial charge >= 0.3 is 5.63 Å². The average Bonchev–Trinajstić information content (AvgIpc) is 3.11. The van der Waals surface area contributed by atoms with Crippen molar-refractivity contribution in [3.05, 3.63) is 86.1 Å². The highest BCUT2D eigenvalue weighted by Gasteiger charge is 2.46. The maximum Gasteiger partial charge on any atom is 0.354 e. The highest BCUT2D eigenvalue weighted by Crippen LogP contribution is 2.52. The van der Waals surface area contributed by atoms with E-state index >= 15 is 0 Å². The lowest BCUT2D eigenvalue weighted by Crippen LogP contribution is -2.31. The van der Waals surface area contributed by atoms with E-state index in [1.807, 2.05) is 49.4 Å². The molecule has 1 aliphatic carbocycles. The minimum absolute atomic E-state index is 0.0149. The first-order valence-electron chi connectivity index (χ1n) is 11.8. The Bertz CT molecular complexity index is 1610. The van der Waals surface area contributed by atoms with Crippen molar-refractivity contribution in [3.8, 4) is 17.2 Å². The van der Waals surface area contributed by atoms with Gasteiger partial charge in [0.2, 0.25) is 0 Å². The summed E-state index contributed by atoms with van der Waals surface area (Å²) in [6.45, 7) is 1.95. The standard InChI is InChI=1S/C28H25NO5S/c1-16-7-6-8-18(13-16)35-25-24(30)23-21(34-27(25)32)15-22-28(11-4-3-5-12-28)19-14-17(33-2)9-10-20(19)29(22)26(23)31/h6-10,13-15,30H,3-5,11-12H2,1-2H3. The Balaban J connectivity index is 1.62. The monoisotopic (exact) mass is 487 g/mol. The molecule has 1 saturated carbocycles. The van der Waals surface area contributed by atoms with Gasteiger partial charge in [-0.25, -0.2) is 4.79 Å². The van der Waals surface area contributed by atoms with E-state index < -0.39 is 5.63 Å². The van der Waals surface area contributed by atoms with Gasteiger partial charge in [-0.2, -0.15) is 0 Å². The second-order valence-corrected chi connectivity index (χ2v) is 10.5. The third-order valence-electron chi connectivity index (χ3n) is 7.38. The van der Waals surface area contributed by atoms with Crippen molar-refractivity contribution in [1.29, 1.82) is 0 Å². The summed E-state index contributed by atoms with van der Waals surface area (Å²) in [5.41, 5.74) is 2.45. The number of fused-ring (bicyclic) bond motifs is 6. The maximum atomic E-state index is 14.0. The summed E-state index contributed by atoms with van der Waals surface area (Å²) in [5, 5.41) is 11.2. The quantitative estimate of drug-likeness (QED) is 0.400. The summed E-state index contributed by atoms with van der Waals surface area (Å²) in [7, 11) is 1.64. The molecule has 6 rings (SSSR count). The first-order chi connectivity index (χ1) is 16.9. The van der Waals surface area contributed by atoms with Gasteiger partial charge in [0.05, 0.1) is 12.8 Å². The maximum absolute atomic E-state index is 14.0. The van der Waals surface area contributed by atoms with Crippen molar-refractivity contribution in [2.75, 3.05) is 7.11 Å². The Morgan fingerprint density at radius 2 is 1.86 bits per heavy atom. The first kappa shape index (κ1) is 22.0. The van der Waals surface area contributed by atoms with Gasteiger partial charge in [0.15, 0.2) is 5.75 Å². The van der Waals surface area contributed by atoms with Crippen LogP contribution in [0.25, 0.3) is 16.7 Å².